The van der Waals surface area contributed by atoms with Gasteiger partial charge in [0.25, 0.3) is 5.19 Å². The van der Waals surface area contributed by atoms with Crippen LogP contribution in [0.15, 0.2) is 33.0 Å². The SMILES string of the molecule is Cc1cccc(-c2nnc(CSc3nnc(OC(C)C)s3)o2)c1. The zero-order valence-electron chi connectivity index (χ0n) is 13.0. The van der Waals surface area contributed by atoms with Gasteiger partial charge in [-0.25, -0.2) is 0 Å². The van der Waals surface area contributed by atoms with Gasteiger partial charge in [-0.3, -0.25) is 0 Å². The first-order chi connectivity index (χ1) is 11.1. The molecule has 0 aliphatic heterocycles. The average molecular weight is 348 g/mol. The molecule has 0 aliphatic carbocycles. The molecule has 6 nitrogen and oxygen atoms in total. The molecule has 3 rings (SSSR count). The molecule has 0 aliphatic rings. The first-order valence-corrected chi connectivity index (χ1v) is 8.93. The standard InChI is InChI=1S/C15H16N4O2S2/c1-9(2)20-14-18-19-15(23-14)22-8-12-16-17-13(21-12)11-6-4-5-10(3)7-11/h4-7,9H,8H2,1-3H3. The molecule has 1 aromatic carbocycles. The van der Waals surface area contributed by atoms with Gasteiger partial charge in [-0.1, -0.05) is 34.6 Å². The average Bonchev–Trinajstić information content (AvgIpc) is 3.14. The molecule has 0 fully saturated rings. The van der Waals surface area contributed by atoms with E-state index >= 15 is 0 Å². The third-order valence-electron chi connectivity index (χ3n) is 2.78. The molecule has 0 spiro atoms. The molecule has 0 radical (unpaired) electrons. The first kappa shape index (κ1) is 15.9. The molecule has 3 aromatic rings. The number of benzene rings is 1. The highest BCUT2D eigenvalue weighted by Crippen LogP contribution is 2.30. The molecule has 23 heavy (non-hydrogen) atoms. The molecule has 0 N–H and O–H groups in total. The van der Waals surface area contributed by atoms with Crippen LogP contribution in [-0.2, 0) is 5.75 Å². The number of aromatic nitrogens is 4. The molecule has 0 saturated heterocycles. The van der Waals surface area contributed by atoms with E-state index in [2.05, 4.69) is 20.4 Å². The van der Waals surface area contributed by atoms with Gasteiger partial charge >= 0.3 is 0 Å². The summed E-state index contributed by atoms with van der Waals surface area (Å²) in [6.45, 7) is 5.95. The van der Waals surface area contributed by atoms with E-state index in [0.29, 0.717) is 22.7 Å². The molecule has 2 aromatic heterocycles. The predicted molar refractivity (Wildman–Crippen MR) is 89.7 cm³/mol. The van der Waals surface area contributed by atoms with Crippen molar-refractivity contribution in [3.05, 3.63) is 35.7 Å². The Labute approximate surface area is 142 Å². The van der Waals surface area contributed by atoms with E-state index in [1.54, 1.807) is 0 Å². The van der Waals surface area contributed by atoms with Crippen molar-refractivity contribution in [2.45, 2.75) is 37.0 Å². The monoisotopic (exact) mass is 348 g/mol. The lowest BCUT2D eigenvalue weighted by Crippen LogP contribution is -2.04. The molecule has 0 amide bonds. The predicted octanol–water partition coefficient (Wildman–Crippen LogP) is 3.98. The van der Waals surface area contributed by atoms with Crippen LogP contribution >= 0.6 is 23.1 Å². The number of thioether (sulfide) groups is 1. The summed E-state index contributed by atoms with van der Waals surface area (Å²) in [4.78, 5) is 0. The number of nitrogens with zero attached hydrogens (tertiary/aromatic N) is 4. The second kappa shape index (κ2) is 7.10. The van der Waals surface area contributed by atoms with Gasteiger partial charge in [0.15, 0.2) is 4.34 Å². The lowest BCUT2D eigenvalue weighted by Gasteiger charge is -2.02. The van der Waals surface area contributed by atoms with Crippen LogP contribution in [0.2, 0.25) is 0 Å². The van der Waals surface area contributed by atoms with Crippen LogP contribution in [0.25, 0.3) is 11.5 Å². The van der Waals surface area contributed by atoms with Crippen molar-refractivity contribution in [1.29, 1.82) is 0 Å². The van der Waals surface area contributed by atoms with Crippen LogP contribution in [0.1, 0.15) is 25.3 Å². The number of hydrogen-bond acceptors (Lipinski definition) is 8. The molecule has 0 saturated carbocycles. The van der Waals surface area contributed by atoms with Gasteiger partial charge in [-0.2, -0.15) is 0 Å². The topological polar surface area (TPSA) is 73.9 Å². The van der Waals surface area contributed by atoms with Crippen molar-refractivity contribution < 1.29 is 9.15 Å². The van der Waals surface area contributed by atoms with Crippen LogP contribution in [-0.4, -0.2) is 26.5 Å². The Bertz CT molecular complexity index is 785. The molecule has 0 atom stereocenters. The van der Waals surface area contributed by atoms with E-state index in [4.69, 9.17) is 9.15 Å². The molecule has 8 heteroatoms. The minimum atomic E-state index is 0.0913. The number of hydrogen-bond donors (Lipinski definition) is 0. The van der Waals surface area contributed by atoms with Crippen LogP contribution < -0.4 is 4.74 Å². The first-order valence-electron chi connectivity index (χ1n) is 7.12. The number of ether oxygens (including phenoxy) is 1. The van der Waals surface area contributed by atoms with Crippen molar-refractivity contribution in [1.82, 2.24) is 20.4 Å². The Morgan fingerprint density at radius 3 is 2.87 bits per heavy atom. The minimum Gasteiger partial charge on any atom is -0.466 e. The Hall–Kier alpha value is -1.93. The largest absolute Gasteiger partial charge is 0.466 e. The third-order valence-corrected chi connectivity index (χ3v) is 4.71. The summed E-state index contributed by atoms with van der Waals surface area (Å²) in [6, 6.07) is 7.98. The van der Waals surface area contributed by atoms with E-state index in [-0.39, 0.29) is 6.10 Å². The summed E-state index contributed by atoms with van der Waals surface area (Å²) in [6.07, 6.45) is 0.0913. The zero-order valence-corrected chi connectivity index (χ0v) is 14.6. The fourth-order valence-electron chi connectivity index (χ4n) is 1.83. The fraction of sp³-hybridized carbons (Fsp3) is 0.333. The van der Waals surface area contributed by atoms with Gasteiger partial charge in [0.05, 0.1) is 11.9 Å². The van der Waals surface area contributed by atoms with E-state index in [0.717, 1.165) is 15.5 Å². The van der Waals surface area contributed by atoms with Crippen LogP contribution in [0.4, 0.5) is 0 Å². The molecule has 2 heterocycles. The number of aryl methyl sites for hydroxylation is 1. The summed E-state index contributed by atoms with van der Waals surface area (Å²) >= 11 is 2.92. The van der Waals surface area contributed by atoms with Crippen molar-refractivity contribution in [3.8, 4) is 16.6 Å². The lowest BCUT2D eigenvalue weighted by molar-refractivity contribution is 0.239. The molecule has 0 bridgehead atoms. The van der Waals surface area contributed by atoms with Gasteiger partial charge in [0, 0.05) is 5.56 Å². The fourth-order valence-corrected chi connectivity index (χ4v) is 3.48. The normalized spacial score (nSPS) is 11.1. The van der Waals surface area contributed by atoms with Crippen molar-refractivity contribution >= 4 is 23.1 Å². The Morgan fingerprint density at radius 2 is 2.09 bits per heavy atom. The van der Waals surface area contributed by atoms with E-state index in [1.807, 2.05) is 45.0 Å². The zero-order chi connectivity index (χ0) is 16.2. The van der Waals surface area contributed by atoms with Crippen molar-refractivity contribution in [2.24, 2.45) is 0 Å². The number of rotatable bonds is 6. The van der Waals surface area contributed by atoms with E-state index < -0.39 is 0 Å². The summed E-state index contributed by atoms with van der Waals surface area (Å²) in [5, 5.41) is 16.8. The van der Waals surface area contributed by atoms with Gasteiger partial charge in [-0.15, -0.1) is 15.3 Å². The summed E-state index contributed by atoms with van der Waals surface area (Å²) in [5.74, 6) is 1.65. The second-order valence-corrected chi connectivity index (χ2v) is 7.32. The molecule has 0 unspecified atom stereocenters. The maximum Gasteiger partial charge on any atom is 0.295 e. The van der Waals surface area contributed by atoms with Gasteiger partial charge in [-0.05, 0) is 44.2 Å². The van der Waals surface area contributed by atoms with Crippen LogP contribution in [0.3, 0.4) is 0 Å². The quantitative estimate of drug-likeness (QED) is 0.624. The highest BCUT2D eigenvalue weighted by Gasteiger charge is 2.12. The molecule has 120 valence electrons. The summed E-state index contributed by atoms with van der Waals surface area (Å²) < 4.78 is 12.0. The highest BCUT2D eigenvalue weighted by molar-refractivity contribution is 8.00. The van der Waals surface area contributed by atoms with Crippen molar-refractivity contribution in [3.63, 3.8) is 0 Å². The Kier molecular flexibility index (Phi) is 4.92. The molecular weight excluding hydrogens is 332 g/mol. The van der Waals surface area contributed by atoms with Gasteiger partial charge in [0.1, 0.15) is 0 Å². The summed E-state index contributed by atoms with van der Waals surface area (Å²) in [7, 11) is 0. The lowest BCUT2D eigenvalue weighted by atomic mass is 10.1. The maximum absolute atomic E-state index is 5.70. The minimum absolute atomic E-state index is 0.0913. The van der Waals surface area contributed by atoms with E-state index in [1.165, 1.54) is 23.1 Å². The third kappa shape index (κ3) is 4.29. The van der Waals surface area contributed by atoms with Gasteiger partial charge in [0.2, 0.25) is 11.8 Å². The van der Waals surface area contributed by atoms with Crippen LogP contribution in [0, 0.1) is 6.92 Å². The van der Waals surface area contributed by atoms with E-state index in [9.17, 15) is 0 Å². The highest BCUT2D eigenvalue weighted by atomic mass is 32.2. The summed E-state index contributed by atoms with van der Waals surface area (Å²) in [5.41, 5.74) is 2.08. The Balaban J connectivity index is 1.62. The van der Waals surface area contributed by atoms with Crippen LogP contribution in [0.5, 0.6) is 5.19 Å². The second-order valence-electron chi connectivity index (χ2n) is 5.16. The Morgan fingerprint density at radius 1 is 1.22 bits per heavy atom. The maximum atomic E-state index is 5.70. The molecular formula is C15H16N4O2S2. The van der Waals surface area contributed by atoms with Gasteiger partial charge < -0.3 is 9.15 Å². The smallest absolute Gasteiger partial charge is 0.295 e. The van der Waals surface area contributed by atoms with Crippen molar-refractivity contribution in [2.75, 3.05) is 0 Å².